The van der Waals surface area contributed by atoms with Gasteiger partial charge in [-0.05, 0) is 6.42 Å². The first-order chi connectivity index (χ1) is 10.3. The van der Waals surface area contributed by atoms with E-state index in [2.05, 4.69) is 0 Å². The highest BCUT2D eigenvalue weighted by atomic mass is 16.2. The van der Waals surface area contributed by atoms with Crippen molar-refractivity contribution < 1.29 is 28.8 Å². The minimum Gasteiger partial charge on any atom is -0.320 e. The van der Waals surface area contributed by atoms with E-state index in [1.807, 2.05) is 0 Å². The van der Waals surface area contributed by atoms with Crippen LogP contribution in [-0.2, 0) is 28.8 Å². The van der Waals surface area contributed by atoms with Gasteiger partial charge in [-0.2, -0.15) is 0 Å². The zero-order valence-corrected chi connectivity index (χ0v) is 11.7. The van der Waals surface area contributed by atoms with E-state index in [-0.39, 0.29) is 38.5 Å². The highest BCUT2D eigenvalue weighted by molar-refractivity contribution is 6.17. The van der Waals surface area contributed by atoms with Gasteiger partial charge in [-0.3, -0.25) is 28.8 Å². The van der Waals surface area contributed by atoms with E-state index in [9.17, 15) is 28.8 Å². The van der Waals surface area contributed by atoms with Crippen LogP contribution in [-0.4, -0.2) is 51.3 Å². The second-order valence-electron chi connectivity index (χ2n) is 5.12. The van der Waals surface area contributed by atoms with E-state index in [0.717, 1.165) is 0 Å². The van der Waals surface area contributed by atoms with Gasteiger partial charge in [0.2, 0.25) is 29.5 Å². The Hall–Kier alpha value is -2.42. The number of carbonyl (C=O) groups is 6. The lowest BCUT2D eigenvalue weighted by Crippen LogP contribution is -2.47. The van der Waals surface area contributed by atoms with Crippen LogP contribution < -0.4 is 5.73 Å². The molecule has 118 valence electrons. The Morgan fingerprint density at radius 2 is 1.27 bits per heavy atom. The molecular weight excluding hydrogens is 294 g/mol. The molecule has 0 aliphatic carbocycles. The molecule has 9 nitrogen and oxygen atoms in total. The topological polar surface area (TPSA) is 135 Å². The van der Waals surface area contributed by atoms with Gasteiger partial charge in [-0.1, -0.05) is 0 Å². The van der Waals surface area contributed by atoms with Crippen molar-refractivity contribution in [1.29, 1.82) is 0 Å². The molecule has 0 bridgehead atoms. The Balaban J connectivity index is 1.91. The first-order valence-corrected chi connectivity index (χ1v) is 6.86. The summed E-state index contributed by atoms with van der Waals surface area (Å²) in [6.07, 6.45) is -0.537. The maximum absolute atomic E-state index is 11.9. The molecule has 2 rings (SSSR count). The smallest absolute Gasteiger partial charge is 0.252 e. The van der Waals surface area contributed by atoms with Crippen LogP contribution in [0, 0.1) is 0 Å². The van der Waals surface area contributed by atoms with Crippen molar-refractivity contribution in [2.45, 2.75) is 44.6 Å². The molecule has 0 spiro atoms. The van der Waals surface area contributed by atoms with E-state index in [4.69, 9.17) is 5.73 Å². The molecule has 2 fully saturated rings. The molecule has 0 aromatic heterocycles. The number of hydrogen-bond acceptors (Lipinski definition) is 7. The molecule has 0 aromatic rings. The normalized spacial score (nSPS) is 20.0. The first-order valence-electron chi connectivity index (χ1n) is 6.86. The molecular formula is C13H15N3O6. The summed E-state index contributed by atoms with van der Waals surface area (Å²) in [6, 6.07) is -1.22. The third-order valence-corrected chi connectivity index (χ3v) is 3.56. The molecule has 2 heterocycles. The number of nitrogens with zero attached hydrogens (tertiary/aromatic N) is 2. The highest BCUT2D eigenvalue weighted by Gasteiger charge is 2.38. The van der Waals surface area contributed by atoms with Crippen molar-refractivity contribution in [3.05, 3.63) is 0 Å². The number of likely N-dealkylation sites (tertiary alicyclic amines) is 2. The molecule has 1 unspecified atom stereocenters. The lowest BCUT2D eigenvalue weighted by Gasteiger charge is -2.18. The van der Waals surface area contributed by atoms with Crippen molar-refractivity contribution in [3.8, 4) is 0 Å². The third-order valence-electron chi connectivity index (χ3n) is 3.56. The largest absolute Gasteiger partial charge is 0.320 e. The standard InChI is InChI=1S/C13H15N3O6/c14-7(13(22)16-11(20)5-6-12(16)21)1-2-8(17)15-9(18)3-4-10(15)19/h7H,1-6,14H2. The van der Waals surface area contributed by atoms with Gasteiger partial charge in [0.15, 0.2) is 0 Å². The Morgan fingerprint density at radius 1 is 0.864 bits per heavy atom. The molecule has 2 N–H and O–H groups in total. The van der Waals surface area contributed by atoms with Crippen LogP contribution in [0.25, 0.3) is 0 Å². The molecule has 2 saturated heterocycles. The van der Waals surface area contributed by atoms with Gasteiger partial charge in [-0.25, -0.2) is 9.80 Å². The molecule has 6 amide bonds. The molecule has 1 atom stereocenters. The van der Waals surface area contributed by atoms with Crippen molar-refractivity contribution in [1.82, 2.24) is 9.80 Å². The van der Waals surface area contributed by atoms with E-state index < -0.39 is 41.5 Å². The fraction of sp³-hybridized carbons (Fsp3) is 0.538. The predicted molar refractivity (Wildman–Crippen MR) is 69.4 cm³/mol. The summed E-state index contributed by atoms with van der Waals surface area (Å²) >= 11 is 0. The number of amides is 6. The van der Waals surface area contributed by atoms with E-state index in [0.29, 0.717) is 9.80 Å². The SMILES string of the molecule is NC(CCC(=O)N1C(=O)CCC1=O)C(=O)N1C(=O)CCC1=O. The zero-order valence-electron chi connectivity index (χ0n) is 11.7. The van der Waals surface area contributed by atoms with Gasteiger partial charge in [0.25, 0.3) is 5.91 Å². The Morgan fingerprint density at radius 3 is 1.73 bits per heavy atom. The van der Waals surface area contributed by atoms with Gasteiger partial charge in [0.05, 0.1) is 6.04 Å². The van der Waals surface area contributed by atoms with Crippen LogP contribution in [0.1, 0.15) is 38.5 Å². The molecule has 0 radical (unpaired) electrons. The van der Waals surface area contributed by atoms with E-state index >= 15 is 0 Å². The van der Waals surface area contributed by atoms with Crippen LogP contribution in [0.5, 0.6) is 0 Å². The lowest BCUT2D eigenvalue weighted by atomic mass is 10.1. The average Bonchev–Trinajstić information content (AvgIpc) is 2.98. The molecule has 0 saturated carbocycles. The van der Waals surface area contributed by atoms with Crippen LogP contribution >= 0.6 is 0 Å². The Kier molecular flexibility index (Phi) is 4.45. The summed E-state index contributed by atoms with van der Waals surface area (Å²) in [5.41, 5.74) is 5.60. The second-order valence-corrected chi connectivity index (χ2v) is 5.12. The number of carbonyl (C=O) groups excluding carboxylic acids is 6. The highest BCUT2D eigenvalue weighted by Crippen LogP contribution is 2.16. The molecule has 9 heteroatoms. The van der Waals surface area contributed by atoms with Crippen molar-refractivity contribution in [2.24, 2.45) is 5.73 Å². The minimum atomic E-state index is -1.22. The van der Waals surface area contributed by atoms with Crippen LogP contribution in [0.15, 0.2) is 0 Å². The molecule has 22 heavy (non-hydrogen) atoms. The third kappa shape index (κ3) is 2.93. The quantitative estimate of drug-likeness (QED) is 0.621. The number of imide groups is 6. The summed E-state index contributed by atoms with van der Waals surface area (Å²) in [5.74, 6) is -3.95. The number of rotatable bonds is 4. The maximum atomic E-state index is 11.9. The fourth-order valence-electron chi connectivity index (χ4n) is 2.36. The Labute approximate surface area is 125 Å². The van der Waals surface area contributed by atoms with Gasteiger partial charge in [-0.15, -0.1) is 0 Å². The first kappa shape index (κ1) is 16.0. The van der Waals surface area contributed by atoms with Crippen LogP contribution in [0.4, 0.5) is 0 Å². The van der Waals surface area contributed by atoms with E-state index in [1.54, 1.807) is 0 Å². The summed E-state index contributed by atoms with van der Waals surface area (Å²) in [4.78, 5) is 70.4. The average molecular weight is 309 g/mol. The fourth-order valence-corrected chi connectivity index (χ4v) is 2.36. The number of nitrogens with two attached hydrogens (primary N) is 1. The Bertz CT molecular complexity index is 552. The van der Waals surface area contributed by atoms with Crippen molar-refractivity contribution >= 4 is 35.4 Å². The predicted octanol–water partition coefficient (Wildman–Crippen LogP) is -1.55. The van der Waals surface area contributed by atoms with Gasteiger partial charge in [0, 0.05) is 32.1 Å². The van der Waals surface area contributed by atoms with Gasteiger partial charge in [0.1, 0.15) is 0 Å². The second kappa shape index (κ2) is 6.14. The van der Waals surface area contributed by atoms with Gasteiger partial charge < -0.3 is 5.73 Å². The lowest BCUT2D eigenvalue weighted by molar-refractivity contribution is -0.151. The zero-order chi connectivity index (χ0) is 16.4. The van der Waals surface area contributed by atoms with Crippen LogP contribution in [0.2, 0.25) is 0 Å². The molecule has 0 aromatic carbocycles. The van der Waals surface area contributed by atoms with Crippen molar-refractivity contribution in [3.63, 3.8) is 0 Å². The summed E-state index contributed by atoms with van der Waals surface area (Å²) in [6.45, 7) is 0. The van der Waals surface area contributed by atoms with Crippen molar-refractivity contribution in [2.75, 3.05) is 0 Å². The van der Waals surface area contributed by atoms with E-state index in [1.165, 1.54) is 0 Å². The minimum absolute atomic E-state index is 0.00760. The summed E-state index contributed by atoms with van der Waals surface area (Å²) in [7, 11) is 0. The van der Waals surface area contributed by atoms with Crippen LogP contribution in [0.3, 0.4) is 0 Å². The number of hydrogen-bond donors (Lipinski definition) is 1. The summed E-state index contributed by atoms with van der Waals surface area (Å²) < 4.78 is 0. The maximum Gasteiger partial charge on any atom is 0.252 e. The molecule has 2 aliphatic heterocycles. The monoisotopic (exact) mass is 309 g/mol. The summed E-state index contributed by atoms with van der Waals surface area (Å²) in [5, 5.41) is 0. The molecule has 2 aliphatic rings. The van der Waals surface area contributed by atoms with Gasteiger partial charge >= 0.3 is 0 Å².